The Morgan fingerprint density at radius 3 is 2.88 bits per heavy atom. The van der Waals surface area contributed by atoms with Crippen LogP contribution in [0.3, 0.4) is 0 Å². The lowest BCUT2D eigenvalue weighted by molar-refractivity contribution is 0.191. The summed E-state index contributed by atoms with van der Waals surface area (Å²) < 4.78 is 5.97. The molecule has 3 rings (SSSR count). The van der Waals surface area contributed by atoms with E-state index in [-0.39, 0.29) is 6.03 Å². The predicted molar refractivity (Wildman–Crippen MR) is 102 cm³/mol. The Morgan fingerprint density at radius 1 is 1.32 bits per heavy atom. The van der Waals surface area contributed by atoms with Gasteiger partial charge in [-0.15, -0.1) is 11.3 Å². The second-order valence-electron chi connectivity index (χ2n) is 7.52. The van der Waals surface area contributed by atoms with Crippen LogP contribution in [-0.4, -0.2) is 55.2 Å². The van der Waals surface area contributed by atoms with E-state index in [1.54, 1.807) is 11.3 Å². The molecule has 1 fully saturated rings. The SMILES string of the molecule is CC(C)CNC(=O)N1CCc2sc(OCCCN3CCCC3)cc2C1. The zero-order chi connectivity index (χ0) is 17.6. The first kappa shape index (κ1) is 18.5. The molecule has 140 valence electrons. The lowest BCUT2D eigenvalue weighted by Crippen LogP contribution is -2.43. The maximum atomic E-state index is 12.2. The zero-order valence-electron chi connectivity index (χ0n) is 15.6. The molecule has 0 aliphatic carbocycles. The van der Waals surface area contributed by atoms with Crippen LogP contribution in [0.4, 0.5) is 4.79 Å². The van der Waals surface area contributed by atoms with Crippen molar-refractivity contribution >= 4 is 17.4 Å². The summed E-state index contributed by atoms with van der Waals surface area (Å²) in [5.74, 6) is 0.478. The van der Waals surface area contributed by atoms with Gasteiger partial charge in [0.05, 0.1) is 6.61 Å². The van der Waals surface area contributed by atoms with Gasteiger partial charge in [0.2, 0.25) is 0 Å². The fourth-order valence-electron chi connectivity index (χ4n) is 3.42. The number of nitrogens with one attached hydrogen (secondary N) is 1. The van der Waals surface area contributed by atoms with Gasteiger partial charge in [-0.25, -0.2) is 4.79 Å². The molecular formula is C19H31N3O2S. The van der Waals surface area contributed by atoms with E-state index in [1.165, 1.54) is 36.4 Å². The average molecular weight is 366 g/mol. The normalized spacial score (nSPS) is 17.8. The Kier molecular flexibility index (Phi) is 6.59. The summed E-state index contributed by atoms with van der Waals surface area (Å²) >= 11 is 1.76. The highest BCUT2D eigenvalue weighted by atomic mass is 32.1. The van der Waals surface area contributed by atoms with E-state index in [9.17, 15) is 4.79 Å². The summed E-state index contributed by atoms with van der Waals surface area (Å²) in [6.45, 7) is 10.9. The third-order valence-electron chi connectivity index (χ3n) is 4.85. The van der Waals surface area contributed by atoms with Crippen LogP contribution in [0, 0.1) is 5.92 Å². The van der Waals surface area contributed by atoms with Crippen molar-refractivity contribution < 1.29 is 9.53 Å². The Hall–Kier alpha value is -1.27. The number of hydrogen-bond acceptors (Lipinski definition) is 4. The molecule has 2 aliphatic rings. The third-order valence-corrected chi connectivity index (χ3v) is 6.00. The van der Waals surface area contributed by atoms with Crippen molar-refractivity contribution in [3.63, 3.8) is 0 Å². The molecule has 1 aromatic heterocycles. The molecule has 1 saturated heterocycles. The van der Waals surface area contributed by atoms with Crippen molar-refractivity contribution in [3.05, 3.63) is 16.5 Å². The number of thiophene rings is 1. The van der Waals surface area contributed by atoms with Crippen LogP contribution in [0.2, 0.25) is 0 Å². The van der Waals surface area contributed by atoms with Gasteiger partial charge in [0.1, 0.15) is 0 Å². The van der Waals surface area contributed by atoms with Crippen molar-refractivity contribution in [2.45, 2.75) is 46.1 Å². The quantitative estimate of drug-likeness (QED) is 0.754. The third kappa shape index (κ3) is 5.35. The van der Waals surface area contributed by atoms with Crippen LogP contribution >= 0.6 is 11.3 Å². The average Bonchev–Trinajstić information content (AvgIpc) is 3.24. The fraction of sp³-hybridized carbons (Fsp3) is 0.737. The van der Waals surface area contributed by atoms with Crippen molar-refractivity contribution in [1.29, 1.82) is 0 Å². The second-order valence-corrected chi connectivity index (χ2v) is 8.62. The zero-order valence-corrected chi connectivity index (χ0v) is 16.4. The van der Waals surface area contributed by atoms with Crippen molar-refractivity contribution in [2.75, 3.05) is 39.3 Å². The molecule has 0 bridgehead atoms. The van der Waals surface area contributed by atoms with Crippen molar-refractivity contribution in [2.24, 2.45) is 5.92 Å². The van der Waals surface area contributed by atoms with E-state index in [0.717, 1.165) is 44.1 Å². The number of carbonyl (C=O) groups is 1. The Labute approximate surface area is 155 Å². The van der Waals surface area contributed by atoms with Crippen LogP contribution in [0.5, 0.6) is 5.06 Å². The smallest absolute Gasteiger partial charge is 0.317 e. The van der Waals surface area contributed by atoms with Crippen LogP contribution in [-0.2, 0) is 13.0 Å². The van der Waals surface area contributed by atoms with Gasteiger partial charge in [0, 0.05) is 31.1 Å². The summed E-state index contributed by atoms with van der Waals surface area (Å²) in [5, 5.41) is 4.02. The Bertz CT molecular complexity index is 567. The highest BCUT2D eigenvalue weighted by molar-refractivity contribution is 7.14. The standard InChI is InChI=1S/C19H31N3O2S/c1-15(2)13-20-19(23)22-10-6-17-16(14-22)12-18(25-17)24-11-5-9-21-7-3-4-8-21/h12,15H,3-11,13-14H2,1-2H3,(H,20,23). The lowest BCUT2D eigenvalue weighted by Gasteiger charge is -2.27. The number of nitrogens with zero attached hydrogens (tertiary/aromatic N) is 2. The predicted octanol–water partition coefficient (Wildman–Crippen LogP) is 3.34. The molecule has 3 heterocycles. The number of carbonyl (C=O) groups excluding carboxylic acids is 1. The van der Waals surface area contributed by atoms with E-state index in [4.69, 9.17) is 4.74 Å². The van der Waals surface area contributed by atoms with Crippen LogP contribution in [0.25, 0.3) is 0 Å². The lowest BCUT2D eigenvalue weighted by atomic mass is 10.1. The minimum Gasteiger partial charge on any atom is -0.484 e. The number of ether oxygens (including phenoxy) is 1. The molecule has 25 heavy (non-hydrogen) atoms. The fourth-order valence-corrected chi connectivity index (χ4v) is 4.45. The molecule has 1 aromatic rings. The summed E-state index contributed by atoms with van der Waals surface area (Å²) in [4.78, 5) is 18.1. The molecule has 2 amide bonds. The van der Waals surface area contributed by atoms with Gasteiger partial charge in [-0.3, -0.25) is 0 Å². The number of rotatable bonds is 7. The first-order chi connectivity index (χ1) is 12.1. The minimum absolute atomic E-state index is 0.0543. The molecule has 0 radical (unpaired) electrons. The van der Waals surface area contributed by atoms with Gasteiger partial charge in [0.15, 0.2) is 5.06 Å². The van der Waals surface area contributed by atoms with E-state index < -0.39 is 0 Å². The maximum Gasteiger partial charge on any atom is 0.317 e. The molecule has 6 heteroatoms. The number of hydrogen-bond donors (Lipinski definition) is 1. The Balaban J connectivity index is 1.43. The molecule has 0 aromatic carbocycles. The molecule has 1 N–H and O–H groups in total. The molecule has 2 aliphatic heterocycles. The molecule has 0 unspecified atom stereocenters. The molecule has 0 saturated carbocycles. The highest BCUT2D eigenvalue weighted by Gasteiger charge is 2.23. The number of fused-ring (bicyclic) bond motifs is 1. The summed E-state index contributed by atoms with van der Waals surface area (Å²) in [5.41, 5.74) is 1.26. The number of amides is 2. The topological polar surface area (TPSA) is 44.8 Å². The largest absolute Gasteiger partial charge is 0.484 e. The number of urea groups is 1. The van der Waals surface area contributed by atoms with Gasteiger partial charge in [-0.05, 0) is 56.3 Å². The van der Waals surface area contributed by atoms with Gasteiger partial charge >= 0.3 is 6.03 Å². The van der Waals surface area contributed by atoms with E-state index >= 15 is 0 Å². The molecule has 5 nitrogen and oxygen atoms in total. The summed E-state index contributed by atoms with van der Waals surface area (Å²) in [7, 11) is 0. The highest BCUT2D eigenvalue weighted by Crippen LogP contribution is 2.33. The van der Waals surface area contributed by atoms with Crippen molar-refractivity contribution in [1.82, 2.24) is 15.1 Å². The van der Waals surface area contributed by atoms with Crippen LogP contribution in [0.1, 0.15) is 43.6 Å². The maximum absolute atomic E-state index is 12.2. The summed E-state index contributed by atoms with van der Waals surface area (Å²) in [6.07, 6.45) is 4.72. The van der Waals surface area contributed by atoms with Crippen LogP contribution < -0.4 is 10.1 Å². The molecular weight excluding hydrogens is 334 g/mol. The van der Waals surface area contributed by atoms with Gasteiger partial charge in [0.25, 0.3) is 0 Å². The van der Waals surface area contributed by atoms with Gasteiger partial charge < -0.3 is 19.9 Å². The van der Waals surface area contributed by atoms with E-state index in [1.807, 2.05) is 4.90 Å². The van der Waals surface area contributed by atoms with Gasteiger partial charge in [-0.1, -0.05) is 13.8 Å². The second kappa shape index (κ2) is 8.90. The van der Waals surface area contributed by atoms with E-state index in [2.05, 4.69) is 30.1 Å². The Morgan fingerprint density at radius 2 is 2.12 bits per heavy atom. The van der Waals surface area contributed by atoms with Crippen molar-refractivity contribution in [3.8, 4) is 5.06 Å². The number of likely N-dealkylation sites (tertiary alicyclic amines) is 1. The first-order valence-corrected chi connectivity index (χ1v) is 10.4. The van der Waals surface area contributed by atoms with Crippen LogP contribution in [0.15, 0.2) is 6.07 Å². The molecule has 0 spiro atoms. The molecule has 0 atom stereocenters. The van der Waals surface area contributed by atoms with Gasteiger partial charge in [-0.2, -0.15) is 0 Å². The monoisotopic (exact) mass is 365 g/mol. The summed E-state index contributed by atoms with van der Waals surface area (Å²) in [6, 6.07) is 2.19. The first-order valence-electron chi connectivity index (χ1n) is 9.61. The minimum atomic E-state index is 0.0543. The van der Waals surface area contributed by atoms with E-state index in [0.29, 0.717) is 12.5 Å².